The highest BCUT2D eigenvalue weighted by atomic mass is 16.1. The summed E-state index contributed by atoms with van der Waals surface area (Å²) < 4.78 is 0. The zero-order valence-electron chi connectivity index (χ0n) is 16.5. The Morgan fingerprint density at radius 3 is 2.83 bits per heavy atom. The molecule has 3 heterocycles. The molecule has 1 fully saturated rings. The van der Waals surface area contributed by atoms with Crippen LogP contribution < -0.4 is 11.1 Å². The normalized spacial score (nSPS) is 19.7. The Hall–Kier alpha value is -2.83. The maximum absolute atomic E-state index is 12.3. The largest absolute Gasteiger partial charge is 0.399 e. The maximum Gasteiger partial charge on any atom is 0.251 e. The number of amides is 1. The molecule has 0 bridgehead atoms. The van der Waals surface area contributed by atoms with Crippen molar-refractivity contribution in [3.63, 3.8) is 0 Å². The van der Waals surface area contributed by atoms with E-state index in [-0.39, 0.29) is 5.91 Å². The van der Waals surface area contributed by atoms with Crippen LogP contribution in [0.5, 0.6) is 0 Å². The minimum atomic E-state index is -0.0373. The first-order valence-electron chi connectivity index (χ1n) is 10.4. The highest BCUT2D eigenvalue weighted by Gasteiger charge is 2.33. The van der Waals surface area contributed by atoms with E-state index < -0.39 is 0 Å². The van der Waals surface area contributed by atoms with Crippen LogP contribution in [0.25, 0.3) is 10.9 Å². The number of aromatic amines is 1. The van der Waals surface area contributed by atoms with E-state index in [0.29, 0.717) is 23.8 Å². The lowest BCUT2D eigenvalue weighted by Gasteiger charge is -2.44. The van der Waals surface area contributed by atoms with Gasteiger partial charge in [-0.15, -0.1) is 0 Å². The number of hydrogen-bond donors (Lipinski definition) is 3. The predicted octanol–water partition coefficient (Wildman–Crippen LogP) is 2.22. The summed E-state index contributed by atoms with van der Waals surface area (Å²) in [5.74, 6) is -0.0373. The van der Waals surface area contributed by atoms with E-state index in [2.05, 4.69) is 44.4 Å². The number of piperazine rings is 1. The van der Waals surface area contributed by atoms with Crippen LogP contribution in [0.15, 0.2) is 48.5 Å². The van der Waals surface area contributed by atoms with Crippen molar-refractivity contribution in [2.24, 2.45) is 0 Å². The molecule has 6 heteroatoms. The molecule has 29 heavy (non-hydrogen) atoms. The standard InChI is InChI=1S/C23H27N5O/c24-17-7-5-16(6-8-17)23(29)25-9-10-27-11-12-28-15-22-20(13-18(28)14-27)19-3-1-2-4-21(19)26-22/h1-8,18,26H,9-15,24H2,(H,25,29). The summed E-state index contributed by atoms with van der Waals surface area (Å²) >= 11 is 0. The molecule has 5 rings (SSSR count). The van der Waals surface area contributed by atoms with Crippen LogP contribution in [0.1, 0.15) is 21.6 Å². The minimum absolute atomic E-state index is 0.0373. The summed E-state index contributed by atoms with van der Waals surface area (Å²) in [6.45, 7) is 5.72. The second-order valence-corrected chi connectivity index (χ2v) is 8.13. The molecule has 1 unspecified atom stereocenters. The van der Waals surface area contributed by atoms with Gasteiger partial charge in [0.25, 0.3) is 5.91 Å². The third-order valence-corrected chi connectivity index (χ3v) is 6.28. The summed E-state index contributed by atoms with van der Waals surface area (Å²) in [7, 11) is 0. The number of anilines is 1. The third kappa shape index (κ3) is 3.61. The van der Waals surface area contributed by atoms with Gasteiger partial charge in [-0.1, -0.05) is 18.2 Å². The van der Waals surface area contributed by atoms with E-state index >= 15 is 0 Å². The second kappa shape index (κ2) is 7.54. The van der Waals surface area contributed by atoms with Crippen LogP contribution in [-0.2, 0) is 13.0 Å². The van der Waals surface area contributed by atoms with Crippen LogP contribution in [0.4, 0.5) is 5.69 Å². The molecule has 0 aliphatic carbocycles. The molecule has 1 saturated heterocycles. The molecule has 6 nitrogen and oxygen atoms in total. The molecule has 4 N–H and O–H groups in total. The van der Waals surface area contributed by atoms with Crippen LogP contribution in [0.2, 0.25) is 0 Å². The van der Waals surface area contributed by atoms with Crippen LogP contribution in [-0.4, -0.2) is 59.5 Å². The number of nitrogens with two attached hydrogens (primary N) is 1. The van der Waals surface area contributed by atoms with Gasteiger partial charge in [-0.05, 0) is 42.3 Å². The number of nitrogens with one attached hydrogen (secondary N) is 2. The summed E-state index contributed by atoms with van der Waals surface area (Å²) in [6.07, 6.45) is 1.09. The number of carbonyl (C=O) groups is 1. The summed E-state index contributed by atoms with van der Waals surface area (Å²) in [5, 5.41) is 4.40. The van der Waals surface area contributed by atoms with Gasteiger partial charge < -0.3 is 16.0 Å². The van der Waals surface area contributed by atoms with Gasteiger partial charge in [0.15, 0.2) is 0 Å². The van der Waals surface area contributed by atoms with Gasteiger partial charge in [-0.2, -0.15) is 0 Å². The van der Waals surface area contributed by atoms with Crippen LogP contribution in [0, 0.1) is 0 Å². The first-order chi connectivity index (χ1) is 14.2. The Morgan fingerprint density at radius 2 is 1.97 bits per heavy atom. The average molecular weight is 390 g/mol. The molecule has 2 aliphatic heterocycles. The Balaban J connectivity index is 1.18. The predicted molar refractivity (Wildman–Crippen MR) is 116 cm³/mol. The number of hydrogen-bond acceptors (Lipinski definition) is 4. The molecule has 2 aromatic carbocycles. The summed E-state index contributed by atoms with van der Waals surface area (Å²) in [5.41, 5.74) is 11.1. The van der Waals surface area contributed by atoms with Gasteiger partial charge in [-0.25, -0.2) is 0 Å². The van der Waals surface area contributed by atoms with Gasteiger partial charge in [0.05, 0.1) is 0 Å². The maximum atomic E-state index is 12.3. The SMILES string of the molecule is Nc1ccc(C(=O)NCCN2CCN3Cc4[nH]c5ccccc5c4CC3C2)cc1. The molecule has 3 aromatic rings. The molecule has 0 saturated carbocycles. The molecule has 2 aliphatic rings. The number of H-pyrrole nitrogens is 1. The second-order valence-electron chi connectivity index (χ2n) is 8.13. The van der Waals surface area contributed by atoms with Gasteiger partial charge in [-0.3, -0.25) is 14.6 Å². The van der Waals surface area contributed by atoms with Crippen molar-refractivity contribution in [3.8, 4) is 0 Å². The van der Waals surface area contributed by atoms with E-state index in [1.807, 2.05) is 0 Å². The Bertz CT molecular complexity index is 1030. The topological polar surface area (TPSA) is 77.4 Å². The van der Waals surface area contributed by atoms with Crippen molar-refractivity contribution in [3.05, 3.63) is 65.4 Å². The lowest BCUT2D eigenvalue weighted by atomic mass is 9.95. The van der Waals surface area contributed by atoms with Crippen molar-refractivity contribution in [2.75, 3.05) is 38.5 Å². The Morgan fingerprint density at radius 1 is 1.14 bits per heavy atom. The number of benzene rings is 2. The molecule has 1 aromatic heterocycles. The first kappa shape index (κ1) is 18.2. The lowest BCUT2D eigenvalue weighted by molar-refractivity contribution is 0.0600. The molecule has 0 spiro atoms. The van der Waals surface area contributed by atoms with Crippen molar-refractivity contribution in [2.45, 2.75) is 19.0 Å². The average Bonchev–Trinajstić information content (AvgIpc) is 3.10. The first-order valence-corrected chi connectivity index (χ1v) is 10.4. The number of carbonyl (C=O) groups excluding carboxylic acids is 1. The van der Waals surface area contributed by atoms with Crippen molar-refractivity contribution >= 4 is 22.5 Å². The Labute approximate surface area is 170 Å². The van der Waals surface area contributed by atoms with E-state index in [0.717, 1.165) is 39.1 Å². The molecule has 0 radical (unpaired) electrons. The number of aromatic nitrogens is 1. The van der Waals surface area contributed by atoms with Crippen LogP contribution in [0.3, 0.4) is 0 Å². The number of rotatable bonds is 4. The van der Waals surface area contributed by atoms with Gasteiger partial charge in [0, 0.05) is 73.2 Å². The third-order valence-electron chi connectivity index (χ3n) is 6.28. The van der Waals surface area contributed by atoms with Gasteiger partial charge >= 0.3 is 0 Å². The minimum Gasteiger partial charge on any atom is -0.399 e. The van der Waals surface area contributed by atoms with E-state index in [9.17, 15) is 4.79 Å². The van der Waals surface area contributed by atoms with E-state index in [4.69, 9.17) is 5.73 Å². The number of nitrogen functional groups attached to an aromatic ring is 1. The highest BCUT2D eigenvalue weighted by molar-refractivity contribution is 5.94. The quantitative estimate of drug-likeness (QED) is 0.598. The van der Waals surface area contributed by atoms with Crippen molar-refractivity contribution in [1.82, 2.24) is 20.1 Å². The number of fused-ring (bicyclic) bond motifs is 4. The van der Waals surface area contributed by atoms with Gasteiger partial charge in [0.2, 0.25) is 0 Å². The van der Waals surface area contributed by atoms with E-state index in [1.165, 1.54) is 22.2 Å². The van der Waals surface area contributed by atoms with Crippen molar-refractivity contribution < 1.29 is 4.79 Å². The monoisotopic (exact) mass is 389 g/mol. The molecule has 1 amide bonds. The smallest absolute Gasteiger partial charge is 0.251 e. The summed E-state index contributed by atoms with van der Waals surface area (Å²) in [6, 6.07) is 16.2. The van der Waals surface area contributed by atoms with E-state index in [1.54, 1.807) is 24.3 Å². The van der Waals surface area contributed by atoms with Crippen LogP contribution >= 0.6 is 0 Å². The fraction of sp³-hybridized carbons (Fsp3) is 0.348. The summed E-state index contributed by atoms with van der Waals surface area (Å²) in [4.78, 5) is 21.0. The lowest BCUT2D eigenvalue weighted by Crippen LogP contribution is -2.56. The zero-order chi connectivity index (χ0) is 19.8. The number of para-hydroxylation sites is 1. The molecule has 1 atom stereocenters. The number of nitrogens with zero attached hydrogens (tertiary/aromatic N) is 2. The van der Waals surface area contributed by atoms with Crippen molar-refractivity contribution in [1.29, 1.82) is 0 Å². The molecule has 150 valence electrons. The molecular weight excluding hydrogens is 362 g/mol. The highest BCUT2D eigenvalue weighted by Crippen LogP contribution is 2.31. The fourth-order valence-corrected chi connectivity index (χ4v) is 4.69. The Kier molecular flexibility index (Phi) is 4.73. The fourth-order valence-electron chi connectivity index (χ4n) is 4.69. The van der Waals surface area contributed by atoms with Gasteiger partial charge in [0.1, 0.15) is 0 Å². The molecular formula is C23H27N5O. The zero-order valence-corrected chi connectivity index (χ0v) is 16.5.